The first kappa shape index (κ1) is 29.2. The van der Waals surface area contributed by atoms with E-state index in [1.54, 1.807) is 53.7 Å². The molecule has 3 heterocycles. The van der Waals surface area contributed by atoms with Crippen LogP contribution in [-0.4, -0.2) is 77.5 Å². The standard InChI is InChI=1S/C31H37N5O6/c1-20-15-36(21(2)18-37)30(38)13-23-12-24(33-31(39)34-25-5-7-27-28(14-25)41-19-40-27)4-6-26(23)42-29(20)17-35(3)16-22-8-10-32-11-9-22/h4-12,14,20-21,29,37H,13,15-19H2,1-3H3,(H2,33,34,39)/t20-,21+,29+/m1/s1. The molecule has 0 aliphatic carbocycles. The number of hydrogen-bond acceptors (Lipinski definition) is 8. The number of carbonyl (C=O) groups is 2. The summed E-state index contributed by atoms with van der Waals surface area (Å²) < 4.78 is 17.3. The molecule has 3 atom stereocenters. The summed E-state index contributed by atoms with van der Waals surface area (Å²) in [6.07, 6.45) is 3.40. The second-order valence-electron chi connectivity index (χ2n) is 10.9. The van der Waals surface area contributed by atoms with Crippen LogP contribution in [-0.2, 0) is 17.8 Å². The van der Waals surface area contributed by atoms with Crippen LogP contribution >= 0.6 is 0 Å². The number of amides is 3. The molecule has 0 saturated heterocycles. The molecule has 2 aromatic carbocycles. The van der Waals surface area contributed by atoms with Crippen LogP contribution in [0.25, 0.3) is 0 Å². The molecule has 5 rings (SSSR count). The van der Waals surface area contributed by atoms with Gasteiger partial charge < -0.3 is 34.9 Å². The molecule has 1 aromatic heterocycles. The van der Waals surface area contributed by atoms with Gasteiger partial charge in [-0.15, -0.1) is 0 Å². The van der Waals surface area contributed by atoms with Gasteiger partial charge in [0.1, 0.15) is 11.9 Å². The minimum absolute atomic E-state index is 0.0148. The van der Waals surface area contributed by atoms with Crippen molar-refractivity contribution in [3.05, 3.63) is 72.1 Å². The molecule has 3 N–H and O–H groups in total. The average Bonchev–Trinajstić information content (AvgIpc) is 3.45. The van der Waals surface area contributed by atoms with Gasteiger partial charge in [0.15, 0.2) is 11.5 Å². The van der Waals surface area contributed by atoms with Crippen molar-refractivity contribution in [1.82, 2.24) is 14.8 Å². The van der Waals surface area contributed by atoms with Gasteiger partial charge in [0.25, 0.3) is 0 Å². The first-order valence-corrected chi connectivity index (χ1v) is 14.0. The summed E-state index contributed by atoms with van der Waals surface area (Å²) in [4.78, 5) is 34.3. The third kappa shape index (κ3) is 7.10. The fourth-order valence-corrected chi connectivity index (χ4v) is 5.16. The molecule has 42 heavy (non-hydrogen) atoms. The lowest BCUT2D eigenvalue weighted by molar-refractivity contribution is -0.134. The largest absolute Gasteiger partial charge is 0.488 e. The van der Waals surface area contributed by atoms with E-state index in [1.165, 1.54) is 0 Å². The highest BCUT2D eigenvalue weighted by molar-refractivity contribution is 6.00. The molecular formula is C31H37N5O6. The number of nitrogens with zero attached hydrogens (tertiary/aromatic N) is 3. The van der Waals surface area contributed by atoms with Crippen LogP contribution in [0.2, 0.25) is 0 Å². The van der Waals surface area contributed by atoms with Crippen LogP contribution in [0, 0.1) is 5.92 Å². The highest BCUT2D eigenvalue weighted by Gasteiger charge is 2.31. The molecule has 0 fully saturated rings. The van der Waals surface area contributed by atoms with Crippen LogP contribution in [0.3, 0.4) is 0 Å². The number of aliphatic hydroxyl groups excluding tert-OH is 1. The number of rotatable bonds is 8. The van der Waals surface area contributed by atoms with Gasteiger partial charge in [-0.25, -0.2) is 4.79 Å². The second kappa shape index (κ2) is 13.1. The lowest BCUT2D eigenvalue weighted by Crippen LogP contribution is -2.47. The molecule has 0 bridgehead atoms. The average molecular weight is 576 g/mol. The Bertz CT molecular complexity index is 1400. The van der Waals surface area contributed by atoms with Gasteiger partial charge in [0.2, 0.25) is 12.7 Å². The Kier molecular flexibility index (Phi) is 9.09. The number of aromatic nitrogens is 1. The zero-order valence-corrected chi connectivity index (χ0v) is 24.1. The number of nitrogens with one attached hydrogen (secondary N) is 2. The number of anilines is 2. The molecule has 222 valence electrons. The zero-order chi connectivity index (χ0) is 29.6. The molecule has 2 aliphatic heterocycles. The van der Waals surface area contributed by atoms with E-state index >= 15 is 0 Å². The SMILES string of the molecule is C[C@@H]1CN([C@@H](C)CO)C(=O)Cc2cc(NC(=O)Nc3ccc4c(c3)OCO4)ccc2O[C@H]1CN(C)Cc1ccncc1. The monoisotopic (exact) mass is 575 g/mol. The third-order valence-corrected chi connectivity index (χ3v) is 7.50. The number of likely N-dealkylation sites (N-methyl/N-ethyl adjacent to an activating group) is 1. The molecule has 0 unspecified atom stereocenters. The lowest BCUT2D eigenvalue weighted by Gasteiger charge is -2.34. The number of ether oxygens (including phenoxy) is 3. The van der Waals surface area contributed by atoms with Crippen LogP contribution in [0.15, 0.2) is 60.9 Å². The Balaban J connectivity index is 1.34. The van der Waals surface area contributed by atoms with Gasteiger partial charge >= 0.3 is 6.03 Å². The van der Waals surface area contributed by atoms with Crippen molar-refractivity contribution < 1.29 is 28.9 Å². The van der Waals surface area contributed by atoms with Gasteiger partial charge in [-0.05, 0) is 62.0 Å². The van der Waals surface area contributed by atoms with Crippen molar-refractivity contribution in [2.45, 2.75) is 39.0 Å². The van der Waals surface area contributed by atoms with Crippen molar-refractivity contribution in [3.8, 4) is 17.2 Å². The summed E-state index contributed by atoms with van der Waals surface area (Å²) >= 11 is 0. The normalized spacial score (nSPS) is 18.8. The summed E-state index contributed by atoms with van der Waals surface area (Å²) in [5.41, 5.74) is 2.87. The Morgan fingerprint density at radius 3 is 2.50 bits per heavy atom. The zero-order valence-electron chi connectivity index (χ0n) is 24.1. The maximum absolute atomic E-state index is 13.5. The number of aliphatic hydroxyl groups is 1. The quantitative estimate of drug-likeness (QED) is 0.371. The highest BCUT2D eigenvalue weighted by atomic mass is 16.7. The number of carbonyl (C=O) groups excluding carboxylic acids is 2. The molecule has 0 spiro atoms. The lowest BCUT2D eigenvalue weighted by atomic mass is 10.0. The van der Waals surface area contributed by atoms with E-state index in [2.05, 4.69) is 27.4 Å². The smallest absolute Gasteiger partial charge is 0.323 e. The van der Waals surface area contributed by atoms with E-state index in [4.69, 9.17) is 14.2 Å². The molecule has 3 amide bonds. The molecule has 11 nitrogen and oxygen atoms in total. The van der Waals surface area contributed by atoms with Gasteiger partial charge in [-0.2, -0.15) is 0 Å². The fourth-order valence-electron chi connectivity index (χ4n) is 5.16. The maximum Gasteiger partial charge on any atom is 0.323 e. The second-order valence-corrected chi connectivity index (χ2v) is 10.9. The molecular weight excluding hydrogens is 538 g/mol. The predicted molar refractivity (Wildman–Crippen MR) is 158 cm³/mol. The number of urea groups is 1. The first-order chi connectivity index (χ1) is 20.3. The van der Waals surface area contributed by atoms with Crippen molar-refractivity contribution in [3.63, 3.8) is 0 Å². The summed E-state index contributed by atoms with van der Waals surface area (Å²) in [7, 11) is 2.04. The molecule has 3 aromatic rings. The topological polar surface area (TPSA) is 125 Å². The van der Waals surface area contributed by atoms with Crippen molar-refractivity contribution in [2.75, 3.05) is 44.2 Å². The molecule has 0 saturated carbocycles. The van der Waals surface area contributed by atoms with E-state index < -0.39 is 6.03 Å². The molecule has 11 heteroatoms. The van der Waals surface area contributed by atoms with Gasteiger partial charge in [-0.3, -0.25) is 14.7 Å². The molecule has 2 aliphatic rings. The highest BCUT2D eigenvalue weighted by Crippen LogP contribution is 2.34. The first-order valence-electron chi connectivity index (χ1n) is 14.0. The number of hydrogen-bond donors (Lipinski definition) is 3. The van der Waals surface area contributed by atoms with E-state index in [9.17, 15) is 14.7 Å². The third-order valence-electron chi connectivity index (χ3n) is 7.50. The van der Waals surface area contributed by atoms with Crippen LogP contribution in [0.5, 0.6) is 17.2 Å². The Morgan fingerprint density at radius 2 is 1.76 bits per heavy atom. The number of pyridine rings is 1. The number of fused-ring (bicyclic) bond motifs is 2. The predicted octanol–water partition coefficient (Wildman–Crippen LogP) is 3.74. The van der Waals surface area contributed by atoms with Crippen LogP contribution in [0.1, 0.15) is 25.0 Å². The van der Waals surface area contributed by atoms with Crippen molar-refractivity contribution >= 4 is 23.3 Å². The minimum Gasteiger partial charge on any atom is -0.488 e. The fraction of sp³-hybridized carbons (Fsp3) is 0.387. The van der Waals surface area contributed by atoms with Gasteiger partial charge in [-0.1, -0.05) is 6.92 Å². The Labute approximate surface area is 245 Å². The summed E-state index contributed by atoms with van der Waals surface area (Å²) in [5.74, 6) is 1.67. The summed E-state index contributed by atoms with van der Waals surface area (Å²) in [6, 6.07) is 13.7. The van der Waals surface area contributed by atoms with Crippen molar-refractivity contribution in [2.24, 2.45) is 5.92 Å². The summed E-state index contributed by atoms with van der Waals surface area (Å²) in [5, 5.41) is 15.5. The van der Waals surface area contributed by atoms with E-state index in [-0.39, 0.29) is 43.8 Å². The van der Waals surface area contributed by atoms with E-state index in [1.807, 2.05) is 26.1 Å². The maximum atomic E-state index is 13.5. The summed E-state index contributed by atoms with van der Waals surface area (Å²) in [6.45, 7) is 5.71. The number of benzene rings is 2. The van der Waals surface area contributed by atoms with Crippen molar-refractivity contribution in [1.29, 1.82) is 0 Å². The molecule has 0 radical (unpaired) electrons. The Hall–Kier alpha value is -4.35. The van der Waals surface area contributed by atoms with Gasteiger partial charge in [0, 0.05) is 61.0 Å². The van der Waals surface area contributed by atoms with Crippen LogP contribution < -0.4 is 24.8 Å². The minimum atomic E-state index is -0.441. The van der Waals surface area contributed by atoms with E-state index in [0.29, 0.717) is 47.3 Å². The Morgan fingerprint density at radius 1 is 1.07 bits per heavy atom. The van der Waals surface area contributed by atoms with Crippen LogP contribution in [0.4, 0.5) is 16.2 Å². The van der Waals surface area contributed by atoms with Gasteiger partial charge in [0.05, 0.1) is 19.1 Å². The van der Waals surface area contributed by atoms with E-state index in [0.717, 1.165) is 12.1 Å².